The predicted octanol–water partition coefficient (Wildman–Crippen LogP) is 2.19. The summed E-state index contributed by atoms with van der Waals surface area (Å²) in [6.45, 7) is -0.00572. The standard InChI is InChI=1S/C20H19FN6O5S/c1-22-33(30,31)26-16-4-2-3-13(18(16)21)11-27-10-12-5-6-15(7-17(12)32-20(27)29)25-19(28)14-8-23-24-9-14/h2-9,22,26H,10-11H2,1H3,(H,23,24)(H,25,28). The number of nitrogens with one attached hydrogen (secondary N) is 4. The zero-order valence-corrected chi connectivity index (χ0v) is 18.1. The van der Waals surface area contributed by atoms with Gasteiger partial charge in [-0.15, -0.1) is 0 Å². The number of hydrogen-bond donors (Lipinski definition) is 4. The maximum atomic E-state index is 14.8. The molecular weight excluding hydrogens is 455 g/mol. The highest BCUT2D eigenvalue weighted by molar-refractivity contribution is 7.90. The van der Waals surface area contributed by atoms with E-state index in [2.05, 4.69) is 20.2 Å². The Labute approximate surface area is 188 Å². The lowest BCUT2D eigenvalue weighted by Gasteiger charge is -2.28. The van der Waals surface area contributed by atoms with Crippen LogP contribution in [0, 0.1) is 5.82 Å². The average molecular weight is 474 g/mol. The van der Waals surface area contributed by atoms with E-state index in [9.17, 15) is 22.4 Å². The first-order valence-electron chi connectivity index (χ1n) is 9.64. The van der Waals surface area contributed by atoms with Crippen molar-refractivity contribution in [3.05, 3.63) is 71.3 Å². The van der Waals surface area contributed by atoms with E-state index >= 15 is 0 Å². The van der Waals surface area contributed by atoms with Gasteiger partial charge in [0.25, 0.3) is 16.1 Å². The number of amides is 2. The summed E-state index contributed by atoms with van der Waals surface area (Å²) in [6.07, 6.45) is 2.12. The van der Waals surface area contributed by atoms with Crippen LogP contribution in [0.4, 0.5) is 20.6 Å². The molecule has 4 rings (SSSR count). The highest BCUT2D eigenvalue weighted by atomic mass is 32.2. The first-order valence-corrected chi connectivity index (χ1v) is 11.1. The fraction of sp³-hybridized carbons (Fsp3) is 0.150. The number of fused-ring (bicyclic) bond motifs is 1. The lowest BCUT2D eigenvalue weighted by molar-refractivity contribution is 0.102. The molecule has 11 nitrogen and oxygen atoms in total. The Bertz CT molecular complexity index is 1310. The Kier molecular flexibility index (Phi) is 5.98. The number of carbonyl (C=O) groups excluding carboxylic acids is 2. The number of carbonyl (C=O) groups is 2. The summed E-state index contributed by atoms with van der Waals surface area (Å²) in [5.74, 6) is -0.902. The number of ether oxygens (including phenoxy) is 1. The Hall–Kier alpha value is -3.97. The molecule has 4 N–H and O–H groups in total. The number of benzene rings is 2. The molecule has 0 saturated carbocycles. The average Bonchev–Trinajstić information content (AvgIpc) is 3.32. The number of hydrogen-bond acceptors (Lipinski definition) is 6. The first kappa shape index (κ1) is 22.2. The van der Waals surface area contributed by atoms with Gasteiger partial charge in [0.1, 0.15) is 5.75 Å². The molecule has 0 radical (unpaired) electrons. The molecule has 2 aromatic carbocycles. The molecule has 1 aliphatic rings. The van der Waals surface area contributed by atoms with Gasteiger partial charge in [-0.2, -0.15) is 13.5 Å². The van der Waals surface area contributed by atoms with E-state index in [1.165, 1.54) is 48.6 Å². The van der Waals surface area contributed by atoms with Gasteiger partial charge < -0.3 is 10.1 Å². The van der Waals surface area contributed by atoms with Crippen molar-refractivity contribution >= 4 is 33.6 Å². The molecule has 0 atom stereocenters. The SMILES string of the molecule is CNS(=O)(=O)Nc1cccc(CN2Cc3ccc(NC(=O)c4cn[nH]c4)cc3OC2=O)c1F. The molecule has 0 bridgehead atoms. The number of anilines is 2. The maximum absolute atomic E-state index is 14.8. The molecule has 0 unspecified atom stereocenters. The molecular formula is C20H19FN6O5S. The Morgan fingerprint density at radius 1 is 1.30 bits per heavy atom. The van der Waals surface area contributed by atoms with E-state index in [-0.39, 0.29) is 36.0 Å². The summed E-state index contributed by atoms with van der Waals surface area (Å²) in [5.41, 5.74) is 1.29. The molecule has 0 aliphatic carbocycles. The summed E-state index contributed by atoms with van der Waals surface area (Å²) < 4.78 is 47.7. The third-order valence-electron chi connectivity index (χ3n) is 4.86. The normalized spacial score (nSPS) is 13.3. The van der Waals surface area contributed by atoms with Crippen molar-refractivity contribution in [1.82, 2.24) is 19.8 Å². The molecule has 2 heterocycles. The molecule has 0 fully saturated rings. The van der Waals surface area contributed by atoms with Gasteiger partial charge in [-0.1, -0.05) is 18.2 Å². The molecule has 0 saturated heterocycles. The van der Waals surface area contributed by atoms with Crippen LogP contribution in [0.15, 0.2) is 48.8 Å². The molecule has 3 aromatic rings. The van der Waals surface area contributed by atoms with Crippen LogP contribution in [-0.2, 0) is 23.3 Å². The summed E-state index contributed by atoms with van der Waals surface area (Å²) in [7, 11) is -2.71. The first-order chi connectivity index (χ1) is 15.8. The molecule has 33 heavy (non-hydrogen) atoms. The fourth-order valence-corrected chi connectivity index (χ4v) is 3.72. The van der Waals surface area contributed by atoms with Crippen molar-refractivity contribution in [2.45, 2.75) is 13.1 Å². The zero-order chi connectivity index (χ0) is 23.6. The molecule has 0 spiro atoms. The quantitative estimate of drug-likeness (QED) is 0.413. The van der Waals surface area contributed by atoms with E-state index in [0.29, 0.717) is 16.8 Å². The number of aromatic amines is 1. The maximum Gasteiger partial charge on any atom is 0.415 e. The van der Waals surface area contributed by atoms with E-state index in [1.807, 2.05) is 4.72 Å². The minimum atomic E-state index is -3.90. The van der Waals surface area contributed by atoms with Gasteiger partial charge >= 0.3 is 6.09 Å². The monoisotopic (exact) mass is 474 g/mol. The minimum Gasteiger partial charge on any atom is -0.410 e. The van der Waals surface area contributed by atoms with E-state index in [0.717, 1.165) is 0 Å². The third-order valence-corrected chi connectivity index (χ3v) is 5.88. The van der Waals surface area contributed by atoms with Gasteiger partial charge in [-0.05, 0) is 12.1 Å². The Morgan fingerprint density at radius 3 is 2.85 bits per heavy atom. The number of H-pyrrole nitrogens is 1. The lowest BCUT2D eigenvalue weighted by Crippen LogP contribution is -2.36. The predicted molar refractivity (Wildman–Crippen MR) is 116 cm³/mol. The van der Waals surface area contributed by atoms with Crippen LogP contribution in [0.25, 0.3) is 0 Å². The van der Waals surface area contributed by atoms with Gasteiger partial charge in [0.05, 0.1) is 30.5 Å². The summed E-state index contributed by atoms with van der Waals surface area (Å²) in [6, 6.07) is 9.07. The van der Waals surface area contributed by atoms with Gasteiger partial charge in [0.15, 0.2) is 5.82 Å². The summed E-state index contributed by atoms with van der Waals surface area (Å²) in [5, 5.41) is 8.95. The van der Waals surface area contributed by atoms with Gasteiger partial charge in [-0.3, -0.25) is 19.5 Å². The number of halogens is 1. The molecule has 172 valence electrons. The van der Waals surface area contributed by atoms with E-state index in [1.54, 1.807) is 12.1 Å². The molecule has 1 aliphatic heterocycles. The van der Waals surface area contributed by atoms with Crippen LogP contribution in [0.2, 0.25) is 0 Å². The van der Waals surface area contributed by atoms with E-state index in [4.69, 9.17) is 4.74 Å². The molecule has 1 aromatic heterocycles. The second-order valence-corrected chi connectivity index (χ2v) is 8.70. The largest absolute Gasteiger partial charge is 0.415 e. The third kappa shape index (κ3) is 4.94. The topological polar surface area (TPSA) is 146 Å². The zero-order valence-electron chi connectivity index (χ0n) is 17.3. The van der Waals surface area contributed by atoms with Crippen LogP contribution in [0.1, 0.15) is 21.5 Å². The smallest absolute Gasteiger partial charge is 0.410 e. The van der Waals surface area contributed by atoms with Crippen molar-refractivity contribution < 1.29 is 27.1 Å². The molecule has 13 heteroatoms. The van der Waals surface area contributed by atoms with Crippen LogP contribution in [-0.4, -0.2) is 42.6 Å². The van der Waals surface area contributed by atoms with Crippen LogP contribution >= 0.6 is 0 Å². The highest BCUT2D eigenvalue weighted by Crippen LogP contribution is 2.31. The van der Waals surface area contributed by atoms with Gasteiger partial charge in [0.2, 0.25) is 0 Å². The van der Waals surface area contributed by atoms with Crippen molar-refractivity contribution in [2.24, 2.45) is 0 Å². The Balaban J connectivity index is 1.49. The molecule has 2 amide bonds. The van der Waals surface area contributed by atoms with Crippen molar-refractivity contribution in [3.63, 3.8) is 0 Å². The van der Waals surface area contributed by atoms with Gasteiger partial charge in [0, 0.05) is 36.1 Å². The number of nitrogens with zero attached hydrogens (tertiary/aromatic N) is 2. The second kappa shape index (κ2) is 8.88. The Morgan fingerprint density at radius 2 is 2.12 bits per heavy atom. The van der Waals surface area contributed by atoms with Crippen molar-refractivity contribution in [1.29, 1.82) is 0 Å². The summed E-state index contributed by atoms with van der Waals surface area (Å²) in [4.78, 5) is 26.0. The van der Waals surface area contributed by atoms with Gasteiger partial charge in [-0.25, -0.2) is 13.9 Å². The van der Waals surface area contributed by atoms with Crippen LogP contribution < -0.4 is 19.5 Å². The van der Waals surface area contributed by atoms with Crippen molar-refractivity contribution in [2.75, 3.05) is 17.1 Å². The van der Waals surface area contributed by atoms with Crippen LogP contribution in [0.3, 0.4) is 0 Å². The minimum absolute atomic E-state index is 0.107. The number of aromatic nitrogens is 2. The highest BCUT2D eigenvalue weighted by Gasteiger charge is 2.27. The summed E-state index contributed by atoms with van der Waals surface area (Å²) >= 11 is 0. The number of rotatable bonds is 7. The fourth-order valence-electron chi connectivity index (χ4n) is 3.17. The van der Waals surface area contributed by atoms with Crippen LogP contribution in [0.5, 0.6) is 5.75 Å². The van der Waals surface area contributed by atoms with E-state index < -0.39 is 22.1 Å². The lowest BCUT2D eigenvalue weighted by atomic mass is 10.1. The van der Waals surface area contributed by atoms with Crippen molar-refractivity contribution in [3.8, 4) is 5.75 Å². The second-order valence-electron chi connectivity index (χ2n) is 7.08.